The molecule has 1 aromatic rings. The van der Waals surface area contributed by atoms with Gasteiger partial charge in [0.05, 0.1) is 13.7 Å². The molecular formula is C17H29NO2. The molecule has 1 aromatic carbocycles. The lowest BCUT2D eigenvalue weighted by Crippen LogP contribution is -2.17. The molecule has 0 saturated carbocycles. The van der Waals surface area contributed by atoms with Crippen molar-refractivity contribution in [1.29, 1.82) is 0 Å². The minimum Gasteiger partial charge on any atom is -0.493 e. The molecule has 0 radical (unpaired) electrons. The van der Waals surface area contributed by atoms with Gasteiger partial charge in [-0.2, -0.15) is 0 Å². The number of hydrogen-bond acceptors (Lipinski definition) is 3. The summed E-state index contributed by atoms with van der Waals surface area (Å²) in [5.41, 5.74) is 1.22. The third-order valence-electron chi connectivity index (χ3n) is 3.83. The van der Waals surface area contributed by atoms with Crippen LogP contribution >= 0.6 is 0 Å². The number of methoxy groups -OCH3 is 1. The molecule has 1 atom stereocenters. The second kappa shape index (κ2) is 8.85. The highest BCUT2D eigenvalue weighted by Crippen LogP contribution is 2.31. The molecule has 20 heavy (non-hydrogen) atoms. The Morgan fingerprint density at radius 3 is 2.35 bits per heavy atom. The van der Waals surface area contributed by atoms with Gasteiger partial charge in [-0.1, -0.05) is 39.7 Å². The summed E-state index contributed by atoms with van der Waals surface area (Å²) in [6.07, 6.45) is 2.29. The molecule has 0 saturated heterocycles. The summed E-state index contributed by atoms with van der Waals surface area (Å²) in [6, 6.07) is 6.51. The fourth-order valence-electron chi connectivity index (χ4n) is 2.23. The van der Waals surface area contributed by atoms with E-state index in [2.05, 4.69) is 45.1 Å². The monoisotopic (exact) mass is 279 g/mol. The van der Waals surface area contributed by atoms with Crippen molar-refractivity contribution in [2.45, 2.75) is 46.6 Å². The summed E-state index contributed by atoms with van der Waals surface area (Å²) in [5.74, 6) is 2.27. The standard InChI is InChI=1S/C17H29NO2/c1-6-14(7-2)12-20-16-10-9-15(11-17(16)19-5)13(4)18-8-3/h9-11,13-14,18H,6-8,12H2,1-5H3. The molecule has 0 spiro atoms. The van der Waals surface area contributed by atoms with Crippen molar-refractivity contribution in [3.63, 3.8) is 0 Å². The van der Waals surface area contributed by atoms with Gasteiger partial charge in [0.2, 0.25) is 0 Å². The topological polar surface area (TPSA) is 30.5 Å². The van der Waals surface area contributed by atoms with E-state index in [9.17, 15) is 0 Å². The quantitative estimate of drug-likeness (QED) is 0.735. The Balaban J connectivity index is 2.77. The molecule has 0 aromatic heterocycles. The average molecular weight is 279 g/mol. The molecule has 3 nitrogen and oxygen atoms in total. The Morgan fingerprint density at radius 1 is 1.10 bits per heavy atom. The number of rotatable bonds is 9. The van der Waals surface area contributed by atoms with E-state index < -0.39 is 0 Å². The molecule has 1 unspecified atom stereocenters. The van der Waals surface area contributed by atoms with Crippen molar-refractivity contribution >= 4 is 0 Å². The Morgan fingerprint density at radius 2 is 1.80 bits per heavy atom. The first-order chi connectivity index (χ1) is 9.65. The zero-order valence-corrected chi connectivity index (χ0v) is 13.5. The Bertz CT molecular complexity index is 389. The predicted molar refractivity (Wildman–Crippen MR) is 84.7 cm³/mol. The molecule has 114 valence electrons. The van der Waals surface area contributed by atoms with E-state index in [0.717, 1.165) is 37.5 Å². The van der Waals surface area contributed by atoms with Crippen LogP contribution in [0.4, 0.5) is 0 Å². The highest BCUT2D eigenvalue weighted by Gasteiger charge is 2.11. The first kappa shape index (κ1) is 16.8. The van der Waals surface area contributed by atoms with Crippen molar-refractivity contribution in [2.75, 3.05) is 20.3 Å². The second-order valence-electron chi connectivity index (χ2n) is 5.18. The van der Waals surface area contributed by atoms with E-state index >= 15 is 0 Å². The van der Waals surface area contributed by atoms with Crippen LogP contribution in [-0.4, -0.2) is 20.3 Å². The van der Waals surface area contributed by atoms with Crippen molar-refractivity contribution < 1.29 is 9.47 Å². The van der Waals surface area contributed by atoms with Gasteiger partial charge in [-0.3, -0.25) is 0 Å². The highest BCUT2D eigenvalue weighted by atomic mass is 16.5. The van der Waals surface area contributed by atoms with E-state index in [1.807, 2.05) is 6.07 Å². The lowest BCUT2D eigenvalue weighted by Gasteiger charge is -2.18. The molecule has 0 aliphatic rings. The van der Waals surface area contributed by atoms with Crippen LogP contribution in [0.25, 0.3) is 0 Å². The van der Waals surface area contributed by atoms with Gasteiger partial charge in [-0.25, -0.2) is 0 Å². The van der Waals surface area contributed by atoms with E-state index in [4.69, 9.17) is 9.47 Å². The summed E-state index contributed by atoms with van der Waals surface area (Å²) >= 11 is 0. The van der Waals surface area contributed by atoms with Crippen LogP contribution in [0.2, 0.25) is 0 Å². The lowest BCUT2D eigenvalue weighted by molar-refractivity contribution is 0.230. The van der Waals surface area contributed by atoms with E-state index in [1.54, 1.807) is 7.11 Å². The molecule has 1 rings (SSSR count). The van der Waals surface area contributed by atoms with Gasteiger partial charge in [-0.15, -0.1) is 0 Å². The SMILES string of the molecule is CCNC(C)c1ccc(OCC(CC)CC)c(OC)c1. The third-order valence-corrected chi connectivity index (χ3v) is 3.83. The highest BCUT2D eigenvalue weighted by molar-refractivity contribution is 5.43. The van der Waals surface area contributed by atoms with Crippen LogP contribution in [0.15, 0.2) is 18.2 Å². The van der Waals surface area contributed by atoms with Gasteiger partial charge < -0.3 is 14.8 Å². The normalized spacial score (nSPS) is 12.5. The Kier molecular flexibility index (Phi) is 7.45. The molecule has 1 N–H and O–H groups in total. The third kappa shape index (κ3) is 4.71. The van der Waals surface area contributed by atoms with E-state index in [0.29, 0.717) is 12.0 Å². The molecular weight excluding hydrogens is 250 g/mol. The average Bonchev–Trinajstić information content (AvgIpc) is 2.48. The fourth-order valence-corrected chi connectivity index (χ4v) is 2.23. The second-order valence-corrected chi connectivity index (χ2v) is 5.18. The maximum Gasteiger partial charge on any atom is 0.161 e. The Labute approximate surface area is 123 Å². The summed E-state index contributed by atoms with van der Waals surface area (Å²) in [6.45, 7) is 10.4. The summed E-state index contributed by atoms with van der Waals surface area (Å²) < 4.78 is 11.4. The number of benzene rings is 1. The molecule has 0 fully saturated rings. The molecule has 0 amide bonds. The van der Waals surface area contributed by atoms with Gasteiger partial charge in [0.15, 0.2) is 11.5 Å². The van der Waals surface area contributed by atoms with Gasteiger partial charge in [-0.05, 0) is 37.1 Å². The van der Waals surface area contributed by atoms with Crippen molar-refractivity contribution in [3.8, 4) is 11.5 Å². The maximum absolute atomic E-state index is 5.92. The van der Waals surface area contributed by atoms with Crippen LogP contribution in [-0.2, 0) is 0 Å². The lowest BCUT2D eigenvalue weighted by atomic mass is 10.1. The van der Waals surface area contributed by atoms with E-state index in [-0.39, 0.29) is 0 Å². The number of ether oxygens (including phenoxy) is 2. The van der Waals surface area contributed by atoms with Crippen LogP contribution in [0, 0.1) is 5.92 Å². The zero-order chi connectivity index (χ0) is 15.0. The molecule has 0 bridgehead atoms. The Hall–Kier alpha value is -1.22. The smallest absolute Gasteiger partial charge is 0.161 e. The first-order valence-corrected chi connectivity index (χ1v) is 7.70. The fraction of sp³-hybridized carbons (Fsp3) is 0.647. The van der Waals surface area contributed by atoms with Crippen LogP contribution in [0.5, 0.6) is 11.5 Å². The largest absolute Gasteiger partial charge is 0.493 e. The summed E-state index contributed by atoms with van der Waals surface area (Å²) in [7, 11) is 1.70. The van der Waals surface area contributed by atoms with E-state index in [1.165, 1.54) is 5.56 Å². The number of nitrogens with one attached hydrogen (secondary N) is 1. The first-order valence-electron chi connectivity index (χ1n) is 7.70. The summed E-state index contributed by atoms with van der Waals surface area (Å²) in [5, 5.41) is 3.40. The predicted octanol–water partition coefficient (Wildman–Crippen LogP) is 4.18. The molecule has 0 aliphatic carbocycles. The summed E-state index contributed by atoms with van der Waals surface area (Å²) in [4.78, 5) is 0. The van der Waals surface area contributed by atoms with Gasteiger partial charge in [0.1, 0.15) is 0 Å². The van der Waals surface area contributed by atoms with Crippen molar-refractivity contribution in [2.24, 2.45) is 5.92 Å². The minimum absolute atomic E-state index is 0.321. The van der Waals surface area contributed by atoms with Gasteiger partial charge >= 0.3 is 0 Å². The van der Waals surface area contributed by atoms with Gasteiger partial charge in [0, 0.05) is 6.04 Å². The zero-order valence-electron chi connectivity index (χ0n) is 13.5. The minimum atomic E-state index is 0.321. The van der Waals surface area contributed by atoms with Crippen LogP contribution in [0.1, 0.15) is 52.1 Å². The van der Waals surface area contributed by atoms with Gasteiger partial charge in [0.25, 0.3) is 0 Å². The van der Waals surface area contributed by atoms with Crippen LogP contribution < -0.4 is 14.8 Å². The van der Waals surface area contributed by atoms with Crippen molar-refractivity contribution in [3.05, 3.63) is 23.8 Å². The maximum atomic E-state index is 5.92. The molecule has 3 heteroatoms. The molecule has 0 heterocycles. The van der Waals surface area contributed by atoms with Crippen LogP contribution in [0.3, 0.4) is 0 Å². The molecule has 0 aliphatic heterocycles. The number of hydrogen-bond donors (Lipinski definition) is 1. The van der Waals surface area contributed by atoms with Crippen molar-refractivity contribution in [1.82, 2.24) is 5.32 Å².